The van der Waals surface area contributed by atoms with E-state index in [0.717, 1.165) is 44.9 Å². The van der Waals surface area contributed by atoms with Crippen LogP contribution in [0.25, 0.3) is 0 Å². The molecule has 0 spiro atoms. The average molecular weight is 965 g/mol. The monoisotopic (exact) mass is 964 g/mol. The highest BCUT2D eigenvalue weighted by Crippen LogP contribution is 2.43. The Hall–Kier alpha value is -1.54. The number of rotatable bonds is 52. The minimum absolute atomic E-state index is 0.0566. The van der Waals surface area contributed by atoms with Crippen molar-refractivity contribution in [2.45, 2.75) is 276 Å². The number of hydrogen-bond donors (Lipinski definition) is 3. The molecule has 0 heterocycles. The van der Waals surface area contributed by atoms with Crippen molar-refractivity contribution in [1.82, 2.24) is 5.32 Å². The topological polar surface area (TPSA) is 105 Å². The van der Waals surface area contributed by atoms with Gasteiger partial charge in [-0.05, 0) is 64.2 Å². The summed E-state index contributed by atoms with van der Waals surface area (Å²) in [6.07, 6.45) is 65.3. The summed E-state index contributed by atoms with van der Waals surface area (Å²) >= 11 is 0. The first-order chi connectivity index (χ1) is 32.5. The highest BCUT2D eigenvalue weighted by Gasteiger charge is 2.27. The van der Waals surface area contributed by atoms with Gasteiger partial charge in [0.25, 0.3) is 0 Å². The summed E-state index contributed by atoms with van der Waals surface area (Å²) < 4.78 is 23.6. The number of phosphoric ester groups is 1. The molecule has 8 nitrogen and oxygen atoms in total. The summed E-state index contributed by atoms with van der Waals surface area (Å²) in [6, 6.07) is -0.860. The summed E-state index contributed by atoms with van der Waals surface area (Å²) in [5.74, 6) is -0.186. The van der Waals surface area contributed by atoms with Crippen molar-refractivity contribution in [1.29, 1.82) is 0 Å². The number of amides is 1. The molecule has 3 atom stereocenters. The maximum Gasteiger partial charge on any atom is 0.472 e. The van der Waals surface area contributed by atoms with Crippen LogP contribution in [0.2, 0.25) is 0 Å². The van der Waals surface area contributed by atoms with Gasteiger partial charge in [0.2, 0.25) is 5.91 Å². The number of carbonyl (C=O) groups is 1. The zero-order chi connectivity index (χ0) is 49.2. The van der Waals surface area contributed by atoms with E-state index in [1.54, 1.807) is 6.08 Å². The third kappa shape index (κ3) is 52.1. The Morgan fingerprint density at radius 1 is 0.507 bits per heavy atom. The molecular weight excluding hydrogens is 852 g/mol. The lowest BCUT2D eigenvalue weighted by Crippen LogP contribution is -2.45. The second-order valence-corrected chi connectivity index (χ2v) is 22.1. The molecule has 0 radical (unpaired) electrons. The van der Waals surface area contributed by atoms with Crippen molar-refractivity contribution in [3.05, 3.63) is 48.6 Å². The van der Waals surface area contributed by atoms with E-state index >= 15 is 0 Å². The molecule has 0 aliphatic heterocycles. The Morgan fingerprint density at radius 3 is 1.30 bits per heavy atom. The molecule has 0 aromatic carbocycles. The zero-order valence-electron chi connectivity index (χ0n) is 44.9. The lowest BCUT2D eigenvalue weighted by molar-refractivity contribution is -0.870. The fourth-order valence-corrected chi connectivity index (χ4v) is 9.00. The molecular formula is C58H112N2O6P+. The van der Waals surface area contributed by atoms with Gasteiger partial charge in [-0.2, -0.15) is 0 Å². The number of nitrogens with zero attached hydrogens (tertiary/aromatic N) is 1. The Bertz CT molecular complexity index is 1230. The molecule has 0 fully saturated rings. The number of aliphatic hydroxyl groups is 1. The fourth-order valence-electron chi connectivity index (χ4n) is 8.27. The minimum Gasteiger partial charge on any atom is -0.387 e. The van der Waals surface area contributed by atoms with Crippen molar-refractivity contribution >= 4 is 13.7 Å². The number of hydrogen-bond acceptors (Lipinski definition) is 5. The number of carbonyl (C=O) groups excluding carboxylic acids is 1. The molecule has 0 aliphatic carbocycles. The van der Waals surface area contributed by atoms with Crippen LogP contribution >= 0.6 is 7.82 Å². The molecule has 0 saturated carbocycles. The molecule has 0 saturated heterocycles. The van der Waals surface area contributed by atoms with Crippen molar-refractivity contribution in [2.24, 2.45) is 0 Å². The number of quaternary nitrogens is 1. The minimum atomic E-state index is -4.34. The van der Waals surface area contributed by atoms with Gasteiger partial charge in [-0.1, -0.05) is 242 Å². The first-order valence-electron chi connectivity index (χ1n) is 28.5. The van der Waals surface area contributed by atoms with Gasteiger partial charge in [0.05, 0.1) is 39.9 Å². The SMILES string of the molecule is CCCCCC/C=C/CC/C=C/C(O)C(COP(=O)(O)OCC[N+](C)(C)C)NC(=O)CCCCCCCCCCCCCCCCCCCCCCCCC/C=C\C/C=C\CCCCCCC. The van der Waals surface area contributed by atoms with Crippen LogP contribution in [0, 0.1) is 0 Å². The van der Waals surface area contributed by atoms with Crippen LogP contribution in [0.5, 0.6) is 0 Å². The van der Waals surface area contributed by atoms with Crippen molar-refractivity contribution < 1.29 is 32.9 Å². The number of unbranched alkanes of at least 4 members (excludes halogenated alkanes) is 33. The van der Waals surface area contributed by atoms with E-state index in [1.165, 1.54) is 199 Å². The lowest BCUT2D eigenvalue weighted by Gasteiger charge is -2.25. The molecule has 0 aromatic heterocycles. The van der Waals surface area contributed by atoms with Crippen LogP contribution in [0.4, 0.5) is 0 Å². The quantitative estimate of drug-likeness (QED) is 0.0243. The largest absolute Gasteiger partial charge is 0.472 e. The summed E-state index contributed by atoms with van der Waals surface area (Å²) in [5, 5.41) is 13.8. The standard InChI is InChI=1S/C58H111N2O6P/c1-6-8-10-12-14-16-18-19-20-21-22-23-24-25-26-27-28-29-30-31-32-33-34-35-36-37-38-39-40-41-42-44-46-48-50-52-58(62)59-56(55-66-67(63,64)65-54-53-60(3,4)5)57(61)51-49-47-45-43-17-15-13-11-9-7-2/h17-19,21-22,43,49,51,56-57,61H,6-16,20,23-42,44-48,50,52-55H2,1-5H3,(H-,59,62,63,64)/p+1/b19-18-,22-21-,43-17+,51-49+. The van der Waals surface area contributed by atoms with Crippen LogP contribution in [0.3, 0.4) is 0 Å². The van der Waals surface area contributed by atoms with Crippen molar-refractivity contribution in [3.8, 4) is 0 Å². The first-order valence-corrected chi connectivity index (χ1v) is 30.0. The van der Waals surface area contributed by atoms with Gasteiger partial charge in [0.15, 0.2) is 0 Å². The molecule has 3 unspecified atom stereocenters. The van der Waals surface area contributed by atoms with E-state index in [1.807, 2.05) is 27.2 Å². The summed E-state index contributed by atoms with van der Waals surface area (Å²) in [6.45, 7) is 4.76. The van der Waals surface area contributed by atoms with Crippen molar-refractivity contribution in [2.75, 3.05) is 40.9 Å². The molecule has 0 aromatic rings. The smallest absolute Gasteiger partial charge is 0.387 e. The maximum atomic E-state index is 12.9. The average Bonchev–Trinajstić information content (AvgIpc) is 3.29. The molecule has 3 N–H and O–H groups in total. The van der Waals surface area contributed by atoms with Gasteiger partial charge in [-0.25, -0.2) is 4.57 Å². The number of likely N-dealkylation sites (N-methyl/N-ethyl adjacent to an activating group) is 1. The molecule has 9 heteroatoms. The molecule has 0 rings (SSSR count). The van der Waals surface area contributed by atoms with E-state index < -0.39 is 20.0 Å². The van der Waals surface area contributed by atoms with Crippen LogP contribution < -0.4 is 5.32 Å². The predicted octanol–water partition coefficient (Wildman–Crippen LogP) is 17.2. The third-order valence-corrected chi connectivity index (χ3v) is 13.8. The maximum absolute atomic E-state index is 12.9. The fraction of sp³-hybridized carbons (Fsp3) is 0.845. The molecule has 1 amide bonds. The van der Waals surface area contributed by atoms with Gasteiger partial charge in [0, 0.05) is 6.42 Å². The normalized spacial score (nSPS) is 14.3. The molecule has 394 valence electrons. The molecule has 0 aliphatic rings. The van der Waals surface area contributed by atoms with Crippen LogP contribution in [0.15, 0.2) is 48.6 Å². The highest BCUT2D eigenvalue weighted by molar-refractivity contribution is 7.47. The second kappa shape index (κ2) is 49.4. The van der Waals surface area contributed by atoms with E-state index in [0.29, 0.717) is 17.4 Å². The Labute approximate surface area is 416 Å². The van der Waals surface area contributed by atoms with E-state index in [2.05, 4.69) is 55.6 Å². The number of nitrogens with one attached hydrogen (secondary N) is 1. The third-order valence-electron chi connectivity index (χ3n) is 12.8. The van der Waals surface area contributed by atoms with Crippen LogP contribution in [0.1, 0.15) is 264 Å². The van der Waals surface area contributed by atoms with E-state index in [-0.39, 0.29) is 19.1 Å². The summed E-state index contributed by atoms with van der Waals surface area (Å²) in [4.78, 5) is 23.2. The number of phosphoric acid groups is 1. The van der Waals surface area contributed by atoms with E-state index in [9.17, 15) is 19.4 Å². The Morgan fingerprint density at radius 2 is 0.866 bits per heavy atom. The Balaban J connectivity index is 3.90. The molecule has 0 bridgehead atoms. The second-order valence-electron chi connectivity index (χ2n) is 20.7. The van der Waals surface area contributed by atoms with Crippen LogP contribution in [-0.2, 0) is 18.4 Å². The summed E-state index contributed by atoms with van der Waals surface area (Å²) in [7, 11) is 1.56. The van der Waals surface area contributed by atoms with Crippen LogP contribution in [-0.4, -0.2) is 73.4 Å². The zero-order valence-corrected chi connectivity index (χ0v) is 45.8. The lowest BCUT2D eigenvalue weighted by atomic mass is 10.0. The van der Waals surface area contributed by atoms with Gasteiger partial charge in [0.1, 0.15) is 13.2 Å². The predicted molar refractivity (Wildman–Crippen MR) is 291 cm³/mol. The van der Waals surface area contributed by atoms with Gasteiger partial charge in [-0.3, -0.25) is 13.8 Å². The number of aliphatic hydroxyl groups excluding tert-OH is 1. The molecule has 67 heavy (non-hydrogen) atoms. The van der Waals surface area contributed by atoms with Gasteiger partial charge >= 0.3 is 7.82 Å². The Kier molecular flexibility index (Phi) is 48.3. The van der Waals surface area contributed by atoms with Crippen molar-refractivity contribution in [3.63, 3.8) is 0 Å². The summed E-state index contributed by atoms with van der Waals surface area (Å²) in [5.41, 5.74) is 0. The van der Waals surface area contributed by atoms with Gasteiger partial charge in [-0.15, -0.1) is 0 Å². The number of allylic oxidation sites excluding steroid dienone is 7. The van der Waals surface area contributed by atoms with Gasteiger partial charge < -0.3 is 19.8 Å². The van der Waals surface area contributed by atoms with E-state index in [4.69, 9.17) is 9.05 Å². The highest BCUT2D eigenvalue weighted by atomic mass is 31.2. The first kappa shape index (κ1) is 65.5.